The highest BCUT2D eigenvalue weighted by molar-refractivity contribution is 5.35. The summed E-state index contributed by atoms with van der Waals surface area (Å²) < 4.78 is 5.15. The number of benzene rings is 1. The third kappa shape index (κ3) is 3.38. The molecule has 0 saturated carbocycles. The quantitative estimate of drug-likeness (QED) is 0.785. The van der Waals surface area contributed by atoms with Crippen LogP contribution < -0.4 is 0 Å². The minimum Gasteiger partial charge on any atom is -0.508 e. The number of ether oxygens (including phenoxy) is 1. The van der Waals surface area contributed by atoms with Gasteiger partial charge in [-0.2, -0.15) is 0 Å². The second-order valence-electron chi connectivity index (χ2n) is 2.92. The fraction of sp³-hybridized carbons (Fsp3) is 0.500. The highest BCUT2D eigenvalue weighted by Gasteiger charge is 2.04. The van der Waals surface area contributed by atoms with Crippen molar-refractivity contribution in [2.45, 2.75) is 33.8 Å². The smallest absolute Gasteiger partial charge is 0.118 e. The Morgan fingerprint density at radius 3 is 2.29 bits per heavy atom. The second kappa shape index (κ2) is 6.44. The first kappa shape index (κ1) is 13.0. The summed E-state index contributed by atoms with van der Waals surface area (Å²) in [5.41, 5.74) is 1.98. The Labute approximate surface area is 86.5 Å². The van der Waals surface area contributed by atoms with E-state index in [4.69, 9.17) is 4.74 Å². The molecule has 1 unspecified atom stereocenters. The zero-order valence-corrected chi connectivity index (χ0v) is 9.66. The van der Waals surface area contributed by atoms with Gasteiger partial charge in [0.15, 0.2) is 0 Å². The van der Waals surface area contributed by atoms with E-state index in [1.54, 1.807) is 13.2 Å². The van der Waals surface area contributed by atoms with Crippen LogP contribution in [-0.4, -0.2) is 12.2 Å². The van der Waals surface area contributed by atoms with Crippen LogP contribution in [-0.2, 0) is 4.74 Å². The molecule has 0 saturated heterocycles. The molecule has 0 aliphatic rings. The predicted octanol–water partition coefficient (Wildman–Crippen LogP) is 3.43. The molecule has 1 aromatic carbocycles. The van der Waals surface area contributed by atoms with Crippen molar-refractivity contribution in [3.05, 3.63) is 29.3 Å². The molecular formula is C12H20O2. The summed E-state index contributed by atoms with van der Waals surface area (Å²) >= 11 is 0. The second-order valence-corrected chi connectivity index (χ2v) is 2.92. The van der Waals surface area contributed by atoms with Gasteiger partial charge >= 0.3 is 0 Å². The average Bonchev–Trinajstić information content (AvgIpc) is 2.24. The van der Waals surface area contributed by atoms with Crippen LogP contribution in [0, 0.1) is 6.92 Å². The first-order chi connectivity index (χ1) is 6.65. The number of aromatic hydroxyl groups is 1. The van der Waals surface area contributed by atoms with E-state index in [2.05, 4.69) is 0 Å². The molecule has 0 bridgehead atoms. The molecule has 0 aliphatic heterocycles. The van der Waals surface area contributed by atoms with Crippen LogP contribution in [0.25, 0.3) is 0 Å². The zero-order chi connectivity index (χ0) is 11.1. The Morgan fingerprint density at radius 2 is 1.86 bits per heavy atom. The summed E-state index contributed by atoms with van der Waals surface area (Å²) in [7, 11) is 1.67. The minimum atomic E-state index is 0.0873. The van der Waals surface area contributed by atoms with Gasteiger partial charge in [0.05, 0.1) is 6.10 Å². The van der Waals surface area contributed by atoms with Gasteiger partial charge in [0.25, 0.3) is 0 Å². The van der Waals surface area contributed by atoms with Gasteiger partial charge in [-0.3, -0.25) is 0 Å². The van der Waals surface area contributed by atoms with Gasteiger partial charge in [0.2, 0.25) is 0 Å². The maximum Gasteiger partial charge on any atom is 0.118 e. The van der Waals surface area contributed by atoms with Gasteiger partial charge < -0.3 is 9.84 Å². The number of phenolic OH excluding ortho intramolecular Hbond substituents is 1. The summed E-state index contributed by atoms with van der Waals surface area (Å²) in [4.78, 5) is 0. The lowest BCUT2D eigenvalue weighted by Crippen LogP contribution is -1.95. The number of aryl methyl sites for hydroxylation is 1. The van der Waals surface area contributed by atoms with E-state index in [0.29, 0.717) is 5.75 Å². The minimum absolute atomic E-state index is 0.0873. The van der Waals surface area contributed by atoms with Crippen LogP contribution in [0.4, 0.5) is 0 Å². The van der Waals surface area contributed by atoms with Crippen LogP contribution in [0.5, 0.6) is 5.75 Å². The molecule has 0 radical (unpaired) electrons. The molecule has 2 nitrogen and oxygen atoms in total. The molecule has 1 aromatic rings. The lowest BCUT2D eigenvalue weighted by atomic mass is 10.1. The van der Waals surface area contributed by atoms with Gasteiger partial charge in [0.1, 0.15) is 5.75 Å². The molecule has 1 atom stereocenters. The Kier molecular flexibility index (Phi) is 5.97. The van der Waals surface area contributed by atoms with Crippen LogP contribution in [0.1, 0.15) is 38.0 Å². The van der Waals surface area contributed by atoms with Gasteiger partial charge in [-0.05, 0) is 37.1 Å². The van der Waals surface area contributed by atoms with Crippen molar-refractivity contribution in [2.24, 2.45) is 0 Å². The monoisotopic (exact) mass is 196 g/mol. The summed E-state index contributed by atoms with van der Waals surface area (Å²) in [6, 6.07) is 5.50. The summed E-state index contributed by atoms with van der Waals surface area (Å²) in [5, 5.41) is 9.26. The normalized spacial score (nSPS) is 11.5. The van der Waals surface area contributed by atoms with Crippen LogP contribution in [0.2, 0.25) is 0 Å². The summed E-state index contributed by atoms with van der Waals surface area (Å²) in [6.45, 7) is 7.85. The van der Waals surface area contributed by atoms with E-state index in [-0.39, 0.29) is 6.10 Å². The first-order valence-electron chi connectivity index (χ1n) is 4.97. The molecule has 0 amide bonds. The predicted molar refractivity (Wildman–Crippen MR) is 59.6 cm³/mol. The molecule has 14 heavy (non-hydrogen) atoms. The van der Waals surface area contributed by atoms with Crippen molar-refractivity contribution < 1.29 is 9.84 Å². The molecule has 0 aromatic heterocycles. The lowest BCUT2D eigenvalue weighted by molar-refractivity contribution is 0.119. The van der Waals surface area contributed by atoms with E-state index in [0.717, 1.165) is 11.1 Å². The van der Waals surface area contributed by atoms with Crippen molar-refractivity contribution >= 4 is 0 Å². The average molecular weight is 196 g/mol. The number of methoxy groups -OCH3 is 1. The highest BCUT2D eigenvalue weighted by atomic mass is 16.5. The van der Waals surface area contributed by atoms with Crippen LogP contribution >= 0.6 is 0 Å². The van der Waals surface area contributed by atoms with Gasteiger partial charge in [-0.25, -0.2) is 0 Å². The molecule has 0 aliphatic carbocycles. The standard InChI is InChI=1S/C10H14O2.C2H6/c1-7-6-9(8(2)12-3)4-5-10(7)11;1-2/h4-6,8,11H,1-3H3;1-2H3. The molecule has 80 valence electrons. The molecule has 0 heterocycles. The fourth-order valence-electron chi connectivity index (χ4n) is 1.07. The van der Waals surface area contributed by atoms with E-state index < -0.39 is 0 Å². The summed E-state index contributed by atoms with van der Waals surface area (Å²) in [6.07, 6.45) is 0.0873. The number of hydrogen-bond acceptors (Lipinski definition) is 2. The molecule has 2 heteroatoms. The van der Waals surface area contributed by atoms with E-state index in [9.17, 15) is 5.11 Å². The third-order valence-corrected chi connectivity index (χ3v) is 2.04. The Hall–Kier alpha value is -1.02. The maximum atomic E-state index is 9.26. The fourth-order valence-corrected chi connectivity index (χ4v) is 1.07. The highest BCUT2D eigenvalue weighted by Crippen LogP contribution is 2.22. The van der Waals surface area contributed by atoms with Crippen molar-refractivity contribution in [3.8, 4) is 5.75 Å². The lowest BCUT2D eigenvalue weighted by Gasteiger charge is -2.10. The Bertz CT molecular complexity index is 269. The maximum absolute atomic E-state index is 9.26. The van der Waals surface area contributed by atoms with Crippen molar-refractivity contribution in [2.75, 3.05) is 7.11 Å². The SMILES string of the molecule is CC.COC(C)c1ccc(O)c(C)c1. The van der Waals surface area contributed by atoms with E-state index in [1.165, 1.54) is 0 Å². The Morgan fingerprint density at radius 1 is 1.29 bits per heavy atom. The largest absolute Gasteiger partial charge is 0.508 e. The first-order valence-corrected chi connectivity index (χ1v) is 4.97. The van der Waals surface area contributed by atoms with Gasteiger partial charge in [-0.15, -0.1) is 0 Å². The number of hydrogen-bond donors (Lipinski definition) is 1. The van der Waals surface area contributed by atoms with Crippen LogP contribution in [0.15, 0.2) is 18.2 Å². The summed E-state index contributed by atoms with van der Waals surface area (Å²) in [5.74, 6) is 0.335. The van der Waals surface area contributed by atoms with Gasteiger partial charge in [-0.1, -0.05) is 19.9 Å². The molecular weight excluding hydrogens is 176 g/mol. The van der Waals surface area contributed by atoms with Crippen LogP contribution in [0.3, 0.4) is 0 Å². The van der Waals surface area contributed by atoms with E-state index >= 15 is 0 Å². The molecule has 1 N–H and O–H groups in total. The van der Waals surface area contributed by atoms with Crippen molar-refractivity contribution in [1.82, 2.24) is 0 Å². The third-order valence-electron chi connectivity index (χ3n) is 2.04. The number of phenols is 1. The Balaban J connectivity index is 0.000000791. The zero-order valence-electron chi connectivity index (χ0n) is 9.66. The topological polar surface area (TPSA) is 29.5 Å². The molecule has 1 rings (SSSR count). The van der Waals surface area contributed by atoms with Gasteiger partial charge in [0, 0.05) is 7.11 Å². The molecule has 0 fully saturated rings. The number of rotatable bonds is 2. The van der Waals surface area contributed by atoms with E-state index in [1.807, 2.05) is 39.8 Å². The van der Waals surface area contributed by atoms with Crippen molar-refractivity contribution in [1.29, 1.82) is 0 Å². The van der Waals surface area contributed by atoms with Crippen molar-refractivity contribution in [3.63, 3.8) is 0 Å². The molecule has 0 spiro atoms.